The highest BCUT2D eigenvalue weighted by Crippen LogP contribution is 2.17. The molecule has 0 fully saturated rings. The van der Waals surface area contributed by atoms with Gasteiger partial charge >= 0.3 is 0 Å². The molecule has 0 aromatic heterocycles. The Morgan fingerprint density at radius 3 is 2.80 bits per heavy atom. The molecule has 0 bridgehead atoms. The van der Waals surface area contributed by atoms with Gasteiger partial charge in [-0.1, -0.05) is 22.0 Å². The number of carbonyl (C=O) groups excluding carboxylic acids is 1. The van der Waals surface area contributed by atoms with Crippen LogP contribution in [0.1, 0.15) is 35.2 Å². The summed E-state index contributed by atoms with van der Waals surface area (Å²) in [6, 6.07) is 5.81. The molecule has 0 heterocycles. The van der Waals surface area contributed by atoms with Crippen molar-refractivity contribution in [2.75, 3.05) is 0 Å². The Morgan fingerprint density at radius 1 is 1.47 bits per heavy atom. The topological polar surface area (TPSA) is 17.1 Å². The number of halogens is 1. The van der Waals surface area contributed by atoms with Gasteiger partial charge in [-0.25, -0.2) is 0 Å². The van der Waals surface area contributed by atoms with Crippen LogP contribution in [0, 0.1) is 6.92 Å². The highest BCUT2D eigenvalue weighted by Gasteiger charge is 2.06. The number of Topliss-reactive ketones (excluding diaryl/α,β-unsaturated/α-hetero) is 1. The number of ketones is 1. The van der Waals surface area contributed by atoms with Gasteiger partial charge in [0.15, 0.2) is 5.78 Å². The van der Waals surface area contributed by atoms with Crippen LogP contribution < -0.4 is 0 Å². The molecule has 1 aromatic carbocycles. The van der Waals surface area contributed by atoms with Crippen molar-refractivity contribution in [2.45, 2.75) is 26.2 Å². The molecule has 0 aliphatic carbocycles. The van der Waals surface area contributed by atoms with Crippen LogP contribution in [0.4, 0.5) is 0 Å². The minimum Gasteiger partial charge on any atom is -0.294 e. The van der Waals surface area contributed by atoms with Gasteiger partial charge in [0, 0.05) is 16.5 Å². The molecule has 0 N–H and O–H groups in total. The number of benzene rings is 1. The summed E-state index contributed by atoms with van der Waals surface area (Å²) in [6.45, 7) is 5.63. The van der Waals surface area contributed by atoms with Gasteiger partial charge < -0.3 is 0 Å². The number of aryl methyl sites for hydroxylation is 1. The molecule has 1 rings (SSSR count). The van der Waals surface area contributed by atoms with Crippen molar-refractivity contribution in [2.24, 2.45) is 0 Å². The number of hydrogen-bond acceptors (Lipinski definition) is 1. The quantitative estimate of drug-likeness (QED) is 0.441. The maximum atomic E-state index is 11.8. The predicted octanol–water partition coefficient (Wildman–Crippen LogP) is 4.30. The van der Waals surface area contributed by atoms with Crippen LogP contribution in [0.2, 0.25) is 0 Å². The van der Waals surface area contributed by atoms with Crippen molar-refractivity contribution in [1.82, 2.24) is 0 Å². The smallest absolute Gasteiger partial charge is 0.162 e. The minimum atomic E-state index is 0.209. The monoisotopic (exact) mass is 266 g/mol. The summed E-state index contributed by atoms with van der Waals surface area (Å²) in [5.74, 6) is 0.209. The SMILES string of the molecule is C=CCCCC(=O)c1cc(C)cc(Br)c1. The van der Waals surface area contributed by atoms with Crippen LogP contribution in [-0.2, 0) is 0 Å². The Labute approximate surface area is 99.3 Å². The fourth-order valence-corrected chi connectivity index (χ4v) is 2.06. The third-order valence-corrected chi connectivity index (χ3v) is 2.63. The molecule has 0 amide bonds. The van der Waals surface area contributed by atoms with Gasteiger partial charge in [0.05, 0.1) is 0 Å². The number of rotatable bonds is 5. The van der Waals surface area contributed by atoms with E-state index >= 15 is 0 Å². The maximum absolute atomic E-state index is 11.8. The van der Waals surface area contributed by atoms with Gasteiger partial charge in [-0.15, -0.1) is 6.58 Å². The highest BCUT2D eigenvalue weighted by molar-refractivity contribution is 9.10. The summed E-state index contributed by atoms with van der Waals surface area (Å²) >= 11 is 3.39. The van der Waals surface area contributed by atoms with Crippen molar-refractivity contribution < 1.29 is 4.79 Å². The zero-order valence-corrected chi connectivity index (χ0v) is 10.5. The van der Waals surface area contributed by atoms with E-state index in [9.17, 15) is 4.79 Å². The molecule has 0 saturated heterocycles. The number of allylic oxidation sites excluding steroid dienone is 1. The Bertz CT molecular complexity index is 349. The molecule has 1 nitrogen and oxygen atoms in total. The number of unbranched alkanes of at least 4 members (excludes halogenated alkanes) is 1. The van der Waals surface area contributed by atoms with E-state index in [0.29, 0.717) is 6.42 Å². The highest BCUT2D eigenvalue weighted by atomic mass is 79.9. The van der Waals surface area contributed by atoms with Crippen LogP contribution in [0.3, 0.4) is 0 Å². The molecule has 0 spiro atoms. The van der Waals surface area contributed by atoms with E-state index in [4.69, 9.17) is 0 Å². The van der Waals surface area contributed by atoms with Crippen LogP contribution in [0.25, 0.3) is 0 Å². The van der Waals surface area contributed by atoms with Crippen molar-refractivity contribution in [1.29, 1.82) is 0 Å². The van der Waals surface area contributed by atoms with Gasteiger partial charge in [-0.2, -0.15) is 0 Å². The van der Waals surface area contributed by atoms with E-state index in [2.05, 4.69) is 22.5 Å². The van der Waals surface area contributed by atoms with Gasteiger partial charge in [0.1, 0.15) is 0 Å². The van der Waals surface area contributed by atoms with Crippen molar-refractivity contribution in [3.63, 3.8) is 0 Å². The van der Waals surface area contributed by atoms with Crippen molar-refractivity contribution in [3.8, 4) is 0 Å². The molecular formula is C13H15BrO. The lowest BCUT2D eigenvalue weighted by Gasteiger charge is -2.02. The van der Waals surface area contributed by atoms with Crippen LogP contribution in [-0.4, -0.2) is 5.78 Å². The van der Waals surface area contributed by atoms with E-state index in [1.54, 1.807) is 0 Å². The fourth-order valence-electron chi connectivity index (χ4n) is 1.45. The van der Waals surface area contributed by atoms with Gasteiger partial charge in [0.25, 0.3) is 0 Å². The van der Waals surface area contributed by atoms with Gasteiger partial charge in [0.2, 0.25) is 0 Å². The first-order chi connectivity index (χ1) is 7.13. The van der Waals surface area contributed by atoms with E-state index in [1.165, 1.54) is 0 Å². The Balaban J connectivity index is 2.69. The molecular weight excluding hydrogens is 252 g/mol. The first-order valence-electron chi connectivity index (χ1n) is 5.05. The summed E-state index contributed by atoms with van der Waals surface area (Å²) in [6.07, 6.45) is 4.23. The normalized spacial score (nSPS) is 10.0. The fraction of sp³-hybridized carbons (Fsp3) is 0.308. The third-order valence-electron chi connectivity index (χ3n) is 2.18. The molecule has 0 radical (unpaired) electrons. The van der Waals surface area contributed by atoms with E-state index < -0.39 is 0 Å². The molecule has 0 atom stereocenters. The molecule has 0 aliphatic rings. The molecule has 0 aliphatic heterocycles. The number of hydrogen-bond donors (Lipinski definition) is 0. The first kappa shape index (κ1) is 12.2. The van der Waals surface area contributed by atoms with Gasteiger partial charge in [-0.05, 0) is 43.5 Å². The Morgan fingerprint density at radius 2 is 2.20 bits per heavy atom. The average Bonchev–Trinajstić information content (AvgIpc) is 2.16. The summed E-state index contributed by atoms with van der Waals surface area (Å²) < 4.78 is 0.967. The van der Waals surface area contributed by atoms with Crippen molar-refractivity contribution in [3.05, 3.63) is 46.5 Å². The van der Waals surface area contributed by atoms with Gasteiger partial charge in [-0.3, -0.25) is 4.79 Å². The summed E-state index contributed by atoms with van der Waals surface area (Å²) in [7, 11) is 0. The summed E-state index contributed by atoms with van der Waals surface area (Å²) in [4.78, 5) is 11.8. The zero-order chi connectivity index (χ0) is 11.3. The molecule has 2 heteroatoms. The maximum Gasteiger partial charge on any atom is 0.162 e. The lowest BCUT2D eigenvalue weighted by Crippen LogP contribution is -1.99. The zero-order valence-electron chi connectivity index (χ0n) is 8.92. The molecule has 0 unspecified atom stereocenters. The second-order valence-corrected chi connectivity index (χ2v) is 4.54. The molecule has 80 valence electrons. The van der Waals surface area contributed by atoms with Crippen LogP contribution in [0.15, 0.2) is 35.3 Å². The van der Waals surface area contributed by atoms with E-state index in [1.807, 2.05) is 31.2 Å². The largest absolute Gasteiger partial charge is 0.294 e. The average molecular weight is 267 g/mol. The predicted molar refractivity (Wildman–Crippen MR) is 67.3 cm³/mol. The van der Waals surface area contributed by atoms with Crippen LogP contribution >= 0.6 is 15.9 Å². The number of carbonyl (C=O) groups is 1. The Hall–Kier alpha value is -0.890. The van der Waals surface area contributed by atoms with E-state index in [0.717, 1.165) is 28.4 Å². The van der Waals surface area contributed by atoms with E-state index in [-0.39, 0.29) is 5.78 Å². The molecule has 0 saturated carbocycles. The molecule has 1 aromatic rings. The minimum absolute atomic E-state index is 0.209. The second-order valence-electron chi connectivity index (χ2n) is 3.62. The second kappa shape index (κ2) is 5.86. The lowest BCUT2D eigenvalue weighted by molar-refractivity contribution is 0.0980. The third kappa shape index (κ3) is 4.00. The van der Waals surface area contributed by atoms with Crippen molar-refractivity contribution >= 4 is 21.7 Å². The Kier molecular flexibility index (Phi) is 4.76. The first-order valence-corrected chi connectivity index (χ1v) is 5.84. The molecule has 15 heavy (non-hydrogen) atoms. The summed E-state index contributed by atoms with van der Waals surface area (Å²) in [5.41, 5.74) is 1.90. The standard InChI is InChI=1S/C13H15BrO/c1-3-4-5-6-13(15)11-7-10(2)8-12(14)9-11/h3,7-9H,1,4-6H2,2H3. The lowest BCUT2D eigenvalue weighted by atomic mass is 10.0. The summed E-state index contributed by atoms with van der Waals surface area (Å²) in [5, 5.41) is 0. The van der Waals surface area contributed by atoms with Crippen LogP contribution in [0.5, 0.6) is 0 Å².